The lowest BCUT2D eigenvalue weighted by atomic mass is 10.1. The van der Waals surface area contributed by atoms with Gasteiger partial charge in [-0.2, -0.15) is 0 Å². The lowest BCUT2D eigenvalue weighted by Crippen LogP contribution is -2.14. The normalized spacial score (nSPS) is 21.6. The van der Waals surface area contributed by atoms with Crippen LogP contribution >= 0.6 is 27.5 Å². The van der Waals surface area contributed by atoms with Gasteiger partial charge in [0, 0.05) is 22.9 Å². The smallest absolute Gasteiger partial charge is 0.0922 e. The van der Waals surface area contributed by atoms with Crippen molar-refractivity contribution in [3.63, 3.8) is 0 Å². The van der Waals surface area contributed by atoms with Crippen LogP contribution in [-0.4, -0.2) is 25.2 Å². The Morgan fingerprint density at radius 2 is 2.41 bits per heavy atom. The lowest BCUT2D eigenvalue weighted by Gasteiger charge is -2.18. The summed E-state index contributed by atoms with van der Waals surface area (Å²) in [4.78, 5) is 0. The van der Waals surface area contributed by atoms with Gasteiger partial charge in [0.25, 0.3) is 0 Å². The van der Waals surface area contributed by atoms with E-state index in [1.807, 2.05) is 24.3 Å². The molecule has 1 fully saturated rings. The Labute approximate surface area is 115 Å². The number of hydrogen-bond donors (Lipinski definition) is 0. The Bertz CT molecular complexity index is 353. The van der Waals surface area contributed by atoms with E-state index < -0.39 is 0 Å². The SMILES string of the molecule is Clc1cccc(C(CBr)OCC2CCOC2)c1. The van der Waals surface area contributed by atoms with Gasteiger partial charge >= 0.3 is 0 Å². The van der Waals surface area contributed by atoms with Gasteiger partial charge in [-0.25, -0.2) is 0 Å². The molecule has 0 aliphatic carbocycles. The molecule has 94 valence electrons. The molecule has 0 spiro atoms. The fourth-order valence-corrected chi connectivity index (χ4v) is 2.66. The van der Waals surface area contributed by atoms with Crippen molar-refractivity contribution in [3.8, 4) is 0 Å². The molecule has 2 unspecified atom stereocenters. The summed E-state index contributed by atoms with van der Waals surface area (Å²) in [5, 5.41) is 1.53. The van der Waals surface area contributed by atoms with E-state index in [4.69, 9.17) is 21.1 Å². The van der Waals surface area contributed by atoms with Gasteiger partial charge in [0.1, 0.15) is 0 Å². The highest BCUT2D eigenvalue weighted by atomic mass is 79.9. The van der Waals surface area contributed by atoms with Crippen LogP contribution in [0.25, 0.3) is 0 Å². The van der Waals surface area contributed by atoms with Gasteiger partial charge in [-0.05, 0) is 24.1 Å². The summed E-state index contributed by atoms with van der Waals surface area (Å²) in [6.07, 6.45) is 1.17. The zero-order chi connectivity index (χ0) is 12.1. The summed E-state index contributed by atoms with van der Waals surface area (Å²) in [5.41, 5.74) is 1.12. The first-order valence-corrected chi connectivity index (χ1v) is 7.30. The molecular formula is C13H16BrClO2. The fraction of sp³-hybridized carbons (Fsp3) is 0.538. The Morgan fingerprint density at radius 3 is 3.06 bits per heavy atom. The van der Waals surface area contributed by atoms with E-state index in [0.29, 0.717) is 5.92 Å². The summed E-state index contributed by atoms with van der Waals surface area (Å²) >= 11 is 9.47. The van der Waals surface area contributed by atoms with E-state index >= 15 is 0 Å². The number of rotatable bonds is 5. The minimum Gasteiger partial charge on any atom is -0.381 e. The molecule has 2 rings (SSSR count). The number of alkyl halides is 1. The predicted octanol–water partition coefficient (Wildman–Crippen LogP) is 3.83. The average molecular weight is 320 g/mol. The maximum Gasteiger partial charge on any atom is 0.0922 e. The summed E-state index contributed by atoms with van der Waals surface area (Å²) < 4.78 is 11.3. The minimum atomic E-state index is 0.0642. The zero-order valence-corrected chi connectivity index (χ0v) is 11.9. The highest BCUT2D eigenvalue weighted by Gasteiger charge is 2.18. The maximum atomic E-state index is 5.98. The Morgan fingerprint density at radius 1 is 1.53 bits per heavy atom. The van der Waals surface area contributed by atoms with E-state index in [0.717, 1.165) is 42.2 Å². The summed E-state index contributed by atoms with van der Waals surface area (Å²) in [5.74, 6) is 0.538. The summed E-state index contributed by atoms with van der Waals surface area (Å²) in [6, 6.07) is 7.83. The van der Waals surface area contributed by atoms with E-state index in [-0.39, 0.29) is 6.10 Å². The predicted molar refractivity (Wildman–Crippen MR) is 72.9 cm³/mol. The van der Waals surface area contributed by atoms with Crippen LogP contribution in [0.15, 0.2) is 24.3 Å². The molecule has 17 heavy (non-hydrogen) atoms. The fourth-order valence-electron chi connectivity index (χ4n) is 1.90. The second-order valence-corrected chi connectivity index (χ2v) is 5.34. The topological polar surface area (TPSA) is 18.5 Å². The van der Waals surface area contributed by atoms with Crippen LogP contribution in [0, 0.1) is 5.92 Å². The van der Waals surface area contributed by atoms with Gasteiger partial charge in [0.2, 0.25) is 0 Å². The molecule has 0 radical (unpaired) electrons. The van der Waals surface area contributed by atoms with Crippen LogP contribution in [0.1, 0.15) is 18.1 Å². The van der Waals surface area contributed by atoms with Gasteiger partial charge < -0.3 is 9.47 Å². The average Bonchev–Trinajstić information content (AvgIpc) is 2.83. The van der Waals surface area contributed by atoms with Crippen molar-refractivity contribution in [2.45, 2.75) is 12.5 Å². The molecule has 1 aliphatic rings. The van der Waals surface area contributed by atoms with Crippen molar-refractivity contribution in [1.29, 1.82) is 0 Å². The molecular weight excluding hydrogens is 303 g/mol. The molecule has 4 heteroatoms. The van der Waals surface area contributed by atoms with Crippen molar-refractivity contribution in [1.82, 2.24) is 0 Å². The molecule has 0 aromatic heterocycles. The Kier molecular flexibility index (Phi) is 5.29. The van der Waals surface area contributed by atoms with Crippen molar-refractivity contribution < 1.29 is 9.47 Å². The van der Waals surface area contributed by atoms with Gasteiger partial charge in [-0.15, -0.1) is 0 Å². The lowest BCUT2D eigenvalue weighted by molar-refractivity contribution is 0.0393. The van der Waals surface area contributed by atoms with E-state index in [1.54, 1.807) is 0 Å². The van der Waals surface area contributed by atoms with Crippen molar-refractivity contribution in [3.05, 3.63) is 34.9 Å². The maximum absolute atomic E-state index is 5.98. The van der Waals surface area contributed by atoms with Crippen LogP contribution in [-0.2, 0) is 9.47 Å². The molecule has 1 saturated heterocycles. The van der Waals surface area contributed by atoms with Gasteiger partial charge in [-0.1, -0.05) is 39.7 Å². The molecule has 2 atom stereocenters. The molecule has 0 amide bonds. The summed E-state index contributed by atoms with van der Waals surface area (Å²) in [6.45, 7) is 2.44. The second-order valence-electron chi connectivity index (χ2n) is 4.26. The quantitative estimate of drug-likeness (QED) is 0.768. The van der Waals surface area contributed by atoms with Crippen LogP contribution in [0.2, 0.25) is 5.02 Å². The van der Waals surface area contributed by atoms with Crippen molar-refractivity contribution in [2.24, 2.45) is 5.92 Å². The molecule has 1 aromatic carbocycles. The van der Waals surface area contributed by atoms with Crippen LogP contribution in [0.3, 0.4) is 0 Å². The molecule has 1 heterocycles. The van der Waals surface area contributed by atoms with Gasteiger partial charge in [-0.3, -0.25) is 0 Å². The zero-order valence-electron chi connectivity index (χ0n) is 9.57. The van der Waals surface area contributed by atoms with E-state index in [1.165, 1.54) is 0 Å². The van der Waals surface area contributed by atoms with Gasteiger partial charge in [0.15, 0.2) is 0 Å². The van der Waals surface area contributed by atoms with Crippen molar-refractivity contribution in [2.75, 3.05) is 25.2 Å². The van der Waals surface area contributed by atoms with E-state index in [2.05, 4.69) is 15.9 Å². The first-order valence-electron chi connectivity index (χ1n) is 5.80. The third-order valence-electron chi connectivity index (χ3n) is 2.92. The molecule has 0 bridgehead atoms. The van der Waals surface area contributed by atoms with Gasteiger partial charge in [0.05, 0.1) is 19.3 Å². The monoisotopic (exact) mass is 318 g/mol. The standard InChI is InChI=1S/C13H16BrClO2/c14-7-13(11-2-1-3-12(15)6-11)17-9-10-4-5-16-8-10/h1-3,6,10,13H,4-5,7-9H2. The third-order valence-corrected chi connectivity index (χ3v) is 3.74. The van der Waals surface area contributed by atoms with Crippen LogP contribution in [0.4, 0.5) is 0 Å². The number of hydrogen-bond acceptors (Lipinski definition) is 2. The molecule has 2 nitrogen and oxygen atoms in total. The highest BCUT2D eigenvalue weighted by Crippen LogP contribution is 2.24. The largest absolute Gasteiger partial charge is 0.381 e. The first kappa shape index (κ1) is 13.3. The summed E-state index contributed by atoms with van der Waals surface area (Å²) in [7, 11) is 0. The van der Waals surface area contributed by atoms with Crippen LogP contribution in [0.5, 0.6) is 0 Å². The molecule has 0 N–H and O–H groups in total. The first-order chi connectivity index (χ1) is 8.29. The molecule has 1 aliphatic heterocycles. The Balaban J connectivity index is 1.91. The third kappa shape index (κ3) is 3.95. The highest BCUT2D eigenvalue weighted by molar-refractivity contribution is 9.09. The van der Waals surface area contributed by atoms with E-state index in [9.17, 15) is 0 Å². The van der Waals surface area contributed by atoms with Crippen molar-refractivity contribution >= 4 is 27.5 Å². The number of ether oxygens (including phenoxy) is 2. The number of halogens is 2. The Hall–Kier alpha value is -0.0900. The number of benzene rings is 1. The second kappa shape index (κ2) is 6.74. The van der Waals surface area contributed by atoms with Crippen LogP contribution < -0.4 is 0 Å². The molecule has 1 aromatic rings. The minimum absolute atomic E-state index is 0.0642. The molecule has 0 saturated carbocycles.